The van der Waals surface area contributed by atoms with Crippen molar-refractivity contribution in [1.29, 1.82) is 0 Å². The van der Waals surface area contributed by atoms with Crippen LogP contribution in [-0.4, -0.2) is 23.7 Å². The average Bonchev–Trinajstić information content (AvgIpc) is 2.31. The van der Waals surface area contributed by atoms with Crippen molar-refractivity contribution in [3.8, 4) is 0 Å². The third-order valence-corrected chi connectivity index (χ3v) is 3.88. The SMILES string of the molecule is NC(=NCC(O)c1ccccc1Br)NC1CCC1. The minimum atomic E-state index is -0.637. The van der Waals surface area contributed by atoms with Crippen LogP contribution < -0.4 is 11.1 Å². The molecule has 0 amide bonds. The molecule has 0 heterocycles. The Morgan fingerprint density at radius 3 is 2.83 bits per heavy atom. The van der Waals surface area contributed by atoms with Crippen LogP contribution in [0.1, 0.15) is 30.9 Å². The van der Waals surface area contributed by atoms with Gasteiger partial charge in [-0.15, -0.1) is 0 Å². The number of guanidine groups is 1. The Labute approximate surface area is 115 Å². The average molecular weight is 312 g/mol. The predicted octanol–water partition coefficient (Wildman–Crippen LogP) is 1.94. The van der Waals surface area contributed by atoms with Gasteiger partial charge in [0.15, 0.2) is 5.96 Å². The first-order chi connectivity index (χ1) is 8.66. The summed E-state index contributed by atoms with van der Waals surface area (Å²) in [6, 6.07) is 8.05. The van der Waals surface area contributed by atoms with Gasteiger partial charge in [0, 0.05) is 10.5 Å². The van der Waals surface area contributed by atoms with Gasteiger partial charge in [0.25, 0.3) is 0 Å². The second-order valence-corrected chi connectivity index (χ2v) is 5.39. The second-order valence-electron chi connectivity index (χ2n) is 4.54. The van der Waals surface area contributed by atoms with E-state index in [2.05, 4.69) is 26.2 Å². The number of hydrogen-bond acceptors (Lipinski definition) is 2. The minimum absolute atomic E-state index is 0.272. The summed E-state index contributed by atoms with van der Waals surface area (Å²) in [5, 5.41) is 13.2. The summed E-state index contributed by atoms with van der Waals surface area (Å²) < 4.78 is 0.887. The number of nitrogens with two attached hydrogens (primary N) is 1. The third kappa shape index (κ3) is 3.46. The smallest absolute Gasteiger partial charge is 0.188 e. The molecular formula is C13H18BrN3O. The molecular weight excluding hydrogens is 294 g/mol. The number of hydrogen-bond donors (Lipinski definition) is 3. The van der Waals surface area contributed by atoms with Gasteiger partial charge in [0.05, 0.1) is 12.6 Å². The van der Waals surface area contributed by atoms with Crippen LogP contribution in [0.4, 0.5) is 0 Å². The van der Waals surface area contributed by atoms with Gasteiger partial charge in [0.1, 0.15) is 0 Å². The van der Waals surface area contributed by atoms with Crippen LogP contribution in [0.2, 0.25) is 0 Å². The van der Waals surface area contributed by atoms with E-state index in [0.29, 0.717) is 12.0 Å². The van der Waals surface area contributed by atoms with E-state index in [9.17, 15) is 5.11 Å². The molecule has 1 saturated carbocycles. The lowest BCUT2D eigenvalue weighted by molar-refractivity contribution is 0.186. The molecule has 0 saturated heterocycles. The van der Waals surface area contributed by atoms with Gasteiger partial charge in [-0.05, 0) is 30.9 Å². The zero-order valence-electron chi connectivity index (χ0n) is 10.1. The molecule has 1 aromatic carbocycles. The molecule has 98 valence electrons. The standard InChI is InChI=1S/C13H18BrN3O/c14-11-7-2-1-6-10(11)12(18)8-16-13(15)17-9-4-3-5-9/h1-2,6-7,9,12,18H,3-5,8H2,(H3,15,16,17). The van der Waals surface area contributed by atoms with E-state index in [1.165, 1.54) is 6.42 Å². The van der Waals surface area contributed by atoms with E-state index in [-0.39, 0.29) is 6.54 Å². The van der Waals surface area contributed by atoms with Crippen molar-refractivity contribution in [2.45, 2.75) is 31.4 Å². The fraction of sp³-hybridized carbons (Fsp3) is 0.462. The van der Waals surface area contributed by atoms with E-state index >= 15 is 0 Å². The van der Waals surface area contributed by atoms with Crippen molar-refractivity contribution in [1.82, 2.24) is 5.32 Å². The molecule has 1 atom stereocenters. The molecule has 4 N–H and O–H groups in total. The Balaban J connectivity index is 1.88. The lowest BCUT2D eigenvalue weighted by Crippen LogP contribution is -2.43. The highest BCUT2D eigenvalue weighted by Gasteiger charge is 2.17. The molecule has 18 heavy (non-hydrogen) atoms. The van der Waals surface area contributed by atoms with E-state index in [1.54, 1.807) is 0 Å². The largest absolute Gasteiger partial charge is 0.386 e. The second kappa shape index (κ2) is 6.20. The van der Waals surface area contributed by atoms with Crippen LogP contribution in [0, 0.1) is 0 Å². The van der Waals surface area contributed by atoms with Gasteiger partial charge >= 0.3 is 0 Å². The fourth-order valence-electron chi connectivity index (χ4n) is 1.84. The van der Waals surface area contributed by atoms with E-state index in [4.69, 9.17) is 5.73 Å². The van der Waals surface area contributed by atoms with Gasteiger partial charge in [0.2, 0.25) is 0 Å². The summed E-state index contributed by atoms with van der Waals surface area (Å²) in [7, 11) is 0. The zero-order chi connectivity index (χ0) is 13.0. The molecule has 5 heteroatoms. The van der Waals surface area contributed by atoms with Crippen LogP contribution in [0.25, 0.3) is 0 Å². The molecule has 0 aromatic heterocycles. The molecule has 0 radical (unpaired) electrons. The molecule has 1 fully saturated rings. The van der Waals surface area contributed by atoms with Crippen molar-refractivity contribution >= 4 is 21.9 Å². The summed E-state index contributed by atoms with van der Waals surface area (Å²) in [6.07, 6.45) is 2.93. The van der Waals surface area contributed by atoms with Crippen molar-refractivity contribution < 1.29 is 5.11 Å². The fourth-order valence-corrected chi connectivity index (χ4v) is 2.38. The number of aliphatic hydroxyl groups is 1. The quantitative estimate of drug-likeness (QED) is 0.588. The highest BCUT2D eigenvalue weighted by molar-refractivity contribution is 9.10. The minimum Gasteiger partial charge on any atom is -0.386 e. The Morgan fingerprint density at radius 1 is 1.50 bits per heavy atom. The molecule has 0 spiro atoms. The normalized spacial score (nSPS) is 18.2. The molecule has 2 rings (SSSR count). The number of nitrogens with zero attached hydrogens (tertiary/aromatic N) is 1. The summed E-state index contributed by atoms with van der Waals surface area (Å²) in [4.78, 5) is 4.18. The van der Waals surface area contributed by atoms with E-state index in [1.807, 2.05) is 24.3 Å². The Morgan fingerprint density at radius 2 is 2.22 bits per heavy atom. The predicted molar refractivity (Wildman–Crippen MR) is 76.4 cm³/mol. The van der Waals surface area contributed by atoms with Crippen LogP contribution in [-0.2, 0) is 0 Å². The highest BCUT2D eigenvalue weighted by Crippen LogP contribution is 2.23. The van der Waals surface area contributed by atoms with E-state index < -0.39 is 6.10 Å². The molecule has 4 nitrogen and oxygen atoms in total. The Kier molecular flexibility index (Phi) is 4.60. The first-order valence-electron chi connectivity index (χ1n) is 6.16. The Bertz CT molecular complexity index is 432. The number of nitrogens with one attached hydrogen (secondary N) is 1. The highest BCUT2D eigenvalue weighted by atomic mass is 79.9. The van der Waals surface area contributed by atoms with Gasteiger partial charge in [-0.25, -0.2) is 0 Å². The lowest BCUT2D eigenvalue weighted by Gasteiger charge is -2.26. The topological polar surface area (TPSA) is 70.6 Å². The van der Waals surface area contributed by atoms with Crippen molar-refractivity contribution in [2.75, 3.05) is 6.54 Å². The van der Waals surface area contributed by atoms with Crippen molar-refractivity contribution in [3.63, 3.8) is 0 Å². The molecule has 0 aliphatic heterocycles. The summed E-state index contributed by atoms with van der Waals surface area (Å²) in [5.74, 6) is 0.422. The van der Waals surface area contributed by atoms with Crippen molar-refractivity contribution in [3.05, 3.63) is 34.3 Å². The zero-order valence-corrected chi connectivity index (χ0v) is 11.7. The maximum absolute atomic E-state index is 10.0. The third-order valence-electron chi connectivity index (χ3n) is 3.16. The van der Waals surface area contributed by atoms with Gasteiger partial charge in [-0.2, -0.15) is 0 Å². The van der Waals surface area contributed by atoms with E-state index in [0.717, 1.165) is 22.9 Å². The van der Waals surface area contributed by atoms with Crippen LogP contribution in [0.5, 0.6) is 0 Å². The Hall–Kier alpha value is -1.07. The van der Waals surface area contributed by atoms with Crippen LogP contribution >= 0.6 is 15.9 Å². The van der Waals surface area contributed by atoms with Crippen LogP contribution in [0.3, 0.4) is 0 Å². The maximum atomic E-state index is 10.0. The van der Waals surface area contributed by atoms with Gasteiger partial charge in [-0.3, -0.25) is 4.99 Å². The number of aliphatic imine (C=N–C) groups is 1. The molecule has 0 bridgehead atoms. The number of rotatable bonds is 4. The number of benzene rings is 1. The van der Waals surface area contributed by atoms with Crippen molar-refractivity contribution in [2.24, 2.45) is 10.7 Å². The lowest BCUT2D eigenvalue weighted by atomic mass is 9.93. The summed E-state index contributed by atoms with van der Waals surface area (Å²) in [6.45, 7) is 0.272. The molecule has 1 aromatic rings. The monoisotopic (exact) mass is 311 g/mol. The molecule has 1 aliphatic carbocycles. The first-order valence-corrected chi connectivity index (χ1v) is 6.95. The molecule has 1 aliphatic rings. The number of aliphatic hydroxyl groups excluding tert-OH is 1. The first kappa shape index (κ1) is 13.4. The van der Waals surface area contributed by atoms with Gasteiger partial charge < -0.3 is 16.2 Å². The molecule has 1 unspecified atom stereocenters. The summed E-state index contributed by atoms with van der Waals surface area (Å²) >= 11 is 3.41. The van der Waals surface area contributed by atoms with Crippen LogP contribution in [0.15, 0.2) is 33.7 Å². The van der Waals surface area contributed by atoms with Gasteiger partial charge in [-0.1, -0.05) is 34.1 Å². The summed E-state index contributed by atoms with van der Waals surface area (Å²) in [5.41, 5.74) is 6.60. The number of halogens is 1. The maximum Gasteiger partial charge on any atom is 0.188 e.